The quantitative estimate of drug-likeness (QED) is 0.447. The molecule has 0 saturated heterocycles. The molecule has 0 bridgehead atoms. The number of carbonyl (C=O) groups excluding carboxylic acids is 1. The maximum absolute atomic E-state index is 10.7. The summed E-state index contributed by atoms with van der Waals surface area (Å²) in [6.45, 7) is 6.73. The summed E-state index contributed by atoms with van der Waals surface area (Å²) >= 11 is 0. The Hall–Kier alpha value is -0.870. The molecule has 0 heterocycles. The molecule has 0 rings (SSSR count). The normalized spacial score (nSPS) is 12.3. The van der Waals surface area contributed by atoms with Gasteiger partial charge in [-0.25, -0.2) is 4.79 Å². The summed E-state index contributed by atoms with van der Waals surface area (Å²) in [5.41, 5.74) is 2.63. The number of rotatable bonds is 4. The largest absolute Gasteiger partial charge is 0.392 e. The Morgan fingerprint density at radius 1 is 1.82 bits per heavy atom. The lowest BCUT2D eigenvalue weighted by Crippen LogP contribution is -2.27. The molecule has 0 radical (unpaired) electrons. The topological polar surface area (TPSA) is 58.6 Å². The number of hydrogen-bond acceptors (Lipinski definition) is 4. The van der Waals surface area contributed by atoms with Crippen molar-refractivity contribution in [2.24, 2.45) is 0 Å². The van der Waals surface area contributed by atoms with Crippen molar-refractivity contribution in [1.82, 2.24) is 5.48 Å². The fourth-order valence-corrected chi connectivity index (χ4v) is 0.315. The van der Waals surface area contributed by atoms with Crippen LogP contribution in [0.2, 0.25) is 0 Å². The van der Waals surface area contributed by atoms with Crippen LogP contribution in [-0.2, 0) is 9.63 Å². The highest BCUT2D eigenvalue weighted by atomic mass is 16.7. The highest BCUT2D eigenvalue weighted by Gasteiger charge is 2.02. The van der Waals surface area contributed by atoms with Crippen molar-refractivity contribution in [1.29, 1.82) is 0 Å². The van der Waals surface area contributed by atoms with E-state index in [1.807, 2.05) is 0 Å². The van der Waals surface area contributed by atoms with E-state index in [4.69, 9.17) is 5.11 Å². The third kappa shape index (κ3) is 5.57. The Bertz CT molecular complexity index is 154. The van der Waals surface area contributed by atoms with E-state index in [-0.39, 0.29) is 6.54 Å². The second kappa shape index (κ2) is 4.87. The Labute approximate surface area is 65.8 Å². The van der Waals surface area contributed by atoms with Crippen LogP contribution in [0, 0.1) is 0 Å². The second-order valence-corrected chi connectivity index (χ2v) is 2.37. The summed E-state index contributed by atoms with van der Waals surface area (Å²) in [4.78, 5) is 15.1. The maximum Gasteiger partial charge on any atom is 0.351 e. The summed E-state index contributed by atoms with van der Waals surface area (Å²) in [6.07, 6.45) is -0.534. The van der Waals surface area contributed by atoms with E-state index in [9.17, 15) is 4.79 Å². The van der Waals surface area contributed by atoms with Crippen molar-refractivity contribution in [3.05, 3.63) is 12.2 Å². The zero-order valence-corrected chi connectivity index (χ0v) is 6.76. The number of aliphatic hydroxyl groups is 1. The van der Waals surface area contributed by atoms with Crippen LogP contribution in [0.1, 0.15) is 13.8 Å². The molecule has 0 amide bonds. The Morgan fingerprint density at radius 2 is 2.36 bits per heavy atom. The predicted octanol–water partition coefficient (Wildman–Crippen LogP) is -0.00890. The molecule has 1 atom stereocenters. The molecular formula is C7H13NO3. The zero-order valence-electron chi connectivity index (χ0n) is 6.76. The van der Waals surface area contributed by atoms with E-state index in [1.54, 1.807) is 13.8 Å². The average Bonchev–Trinajstić information content (AvgIpc) is 1.86. The first-order chi connectivity index (χ1) is 5.04. The monoisotopic (exact) mass is 159 g/mol. The first-order valence-corrected chi connectivity index (χ1v) is 3.31. The molecule has 0 aromatic heterocycles. The van der Waals surface area contributed by atoms with Gasteiger partial charge in [0.25, 0.3) is 0 Å². The molecule has 0 spiro atoms. The minimum atomic E-state index is -0.534. The lowest BCUT2D eigenvalue weighted by molar-refractivity contribution is -0.146. The lowest BCUT2D eigenvalue weighted by Gasteiger charge is -2.06. The van der Waals surface area contributed by atoms with E-state index in [0.29, 0.717) is 5.57 Å². The van der Waals surface area contributed by atoms with Crippen molar-refractivity contribution in [2.75, 3.05) is 6.54 Å². The minimum absolute atomic E-state index is 0.221. The molecule has 64 valence electrons. The van der Waals surface area contributed by atoms with Crippen LogP contribution in [0.4, 0.5) is 0 Å². The van der Waals surface area contributed by atoms with Crippen LogP contribution in [0.25, 0.3) is 0 Å². The molecule has 0 aliphatic rings. The highest BCUT2D eigenvalue weighted by molar-refractivity contribution is 5.86. The Balaban J connectivity index is 3.40. The van der Waals surface area contributed by atoms with Gasteiger partial charge < -0.3 is 9.94 Å². The third-order valence-corrected chi connectivity index (χ3v) is 0.892. The number of carbonyl (C=O) groups is 1. The van der Waals surface area contributed by atoms with Gasteiger partial charge in [0.1, 0.15) is 0 Å². The zero-order chi connectivity index (χ0) is 8.85. The number of hydroxylamine groups is 1. The molecule has 0 aromatic carbocycles. The average molecular weight is 159 g/mol. The predicted molar refractivity (Wildman–Crippen MR) is 40.6 cm³/mol. The van der Waals surface area contributed by atoms with Crippen LogP contribution in [0.3, 0.4) is 0 Å². The Morgan fingerprint density at radius 3 is 2.73 bits per heavy atom. The van der Waals surface area contributed by atoms with Crippen molar-refractivity contribution < 1.29 is 14.7 Å². The number of nitrogens with one attached hydrogen (secondary N) is 1. The second-order valence-electron chi connectivity index (χ2n) is 2.37. The molecule has 0 aromatic rings. The maximum atomic E-state index is 10.7. The van der Waals surface area contributed by atoms with Crippen molar-refractivity contribution in [3.63, 3.8) is 0 Å². The third-order valence-electron chi connectivity index (χ3n) is 0.892. The lowest BCUT2D eigenvalue weighted by atomic mass is 10.4. The first-order valence-electron chi connectivity index (χ1n) is 3.31. The summed E-state index contributed by atoms with van der Waals surface area (Å²) < 4.78 is 0. The number of aliphatic hydroxyl groups excluding tert-OH is 1. The van der Waals surface area contributed by atoms with E-state index < -0.39 is 12.1 Å². The summed E-state index contributed by atoms with van der Waals surface area (Å²) in [6, 6.07) is 0. The van der Waals surface area contributed by atoms with Gasteiger partial charge >= 0.3 is 5.97 Å². The van der Waals surface area contributed by atoms with Crippen LogP contribution >= 0.6 is 0 Å². The highest BCUT2D eigenvalue weighted by Crippen LogP contribution is 1.88. The molecule has 4 nitrogen and oxygen atoms in total. The smallest absolute Gasteiger partial charge is 0.351 e. The molecule has 2 N–H and O–H groups in total. The fourth-order valence-electron chi connectivity index (χ4n) is 0.315. The van der Waals surface area contributed by atoms with E-state index >= 15 is 0 Å². The molecule has 11 heavy (non-hydrogen) atoms. The van der Waals surface area contributed by atoms with E-state index in [0.717, 1.165) is 0 Å². The van der Waals surface area contributed by atoms with Gasteiger partial charge in [-0.15, -0.1) is 0 Å². The van der Waals surface area contributed by atoms with Crippen LogP contribution in [0.15, 0.2) is 12.2 Å². The van der Waals surface area contributed by atoms with E-state index in [2.05, 4.69) is 16.9 Å². The SMILES string of the molecule is C=C(C)C(=O)ONCC(C)O. The van der Waals surface area contributed by atoms with Crippen molar-refractivity contribution in [2.45, 2.75) is 20.0 Å². The van der Waals surface area contributed by atoms with Gasteiger partial charge in [0, 0.05) is 5.57 Å². The van der Waals surface area contributed by atoms with Gasteiger partial charge in [-0.1, -0.05) is 6.58 Å². The van der Waals surface area contributed by atoms with Crippen LogP contribution in [0.5, 0.6) is 0 Å². The minimum Gasteiger partial charge on any atom is -0.392 e. The molecule has 1 unspecified atom stereocenters. The fraction of sp³-hybridized carbons (Fsp3) is 0.571. The van der Waals surface area contributed by atoms with E-state index in [1.165, 1.54) is 0 Å². The van der Waals surface area contributed by atoms with Gasteiger partial charge in [0.2, 0.25) is 0 Å². The molecule has 0 aliphatic heterocycles. The van der Waals surface area contributed by atoms with Gasteiger partial charge in [-0.05, 0) is 13.8 Å². The number of hydrogen-bond donors (Lipinski definition) is 2. The van der Waals surface area contributed by atoms with Gasteiger partial charge in [-0.3, -0.25) is 0 Å². The standard InChI is InChI=1S/C7H13NO3/c1-5(2)7(10)11-8-4-6(3)9/h6,8-9H,1,4H2,2-3H3. The molecule has 0 fully saturated rings. The van der Waals surface area contributed by atoms with Gasteiger partial charge in [-0.2, -0.15) is 5.48 Å². The summed E-state index contributed by atoms with van der Waals surface area (Å²) in [7, 11) is 0. The molecule has 4 heteroatoms. The summed E-state index contributed by atoms with van der Waals surface area (Å²) in [5, 5.41) is 8.73. The van der Waals surface area contributed by atoms with Gasteiger partial charge in [0.15, 0.2) is 0 Å². The molecule has 0 saturated carbocycles. The van der Waals surface area contributed by atoms with Gasteiger partial charge in [0.05, 0.1) is 12.6 Å². The molecule has 0 aliphatic carbocycles. The Kier molecular flexibility index (Phi) is 4.49. The van der Waals surface area contributed by atoms with Crippen molar-refractivity contribution in [3.8, 4) is 0 Å². The summed E-state index contributed by atoms with van der Waals surface area (Å²) in [5.74, 6) is -0.509. The van der Waals surface area contributed by atoms with Crippen LogP contribution < -0.4 is 5.48 Å². The van der Waals surface area contributed by atoms with Crippen molar-refractivity contribution >= 4 is 5.97 Å². The molecular weight excluding hydrogens is 146 g/mol. The van der Waals surface area contributed by atoms with Crippen LogP contribution in [-0.4, -0.2) is 23.7 Å². The first kappa shape index (κ1) is 10.1.